The third-order valence-corrected chi connectivity index (χ3v) is 8.00. The van der Waals surface area contributed by atoms with E-state index in [1.807, 2.05) is 60.7 Å². The highest BCUT2D eigenvalue weighted by molar-refractivity contribution is 8.02. The van der Waals surface area contributed by atoms with Gasteiger partial charge < -0.3 is 9.64 Å². The van der Waals surface area contributed by atoms with Crippen LogP contribution in [0.5, 0.6) is 0 Å². The molecular weight excluding hydrogens is 478 g/mol. The van der Waals surface area contributed by atoms with Crippen LogP contribution in [0.15, 0.2) is 94.3 Å². The number of fused-ring (bicyclic) bond motifs is 1. The molecule has 0 radical (unpaired) electrons. The van der Waals surface area contributed by atoms with E-state index in [0.717, 1.165) is 20.1 Å². The number of hydrogen-bond acceptors (Lipinski definition) is 6. The Morgan fingerprint density at radius 2 is 1.57 bits per heavy atom. The van der Waals surface area contributed by atoms with E-state index in [1.165, 1.54) is 11.8 Å². The van der Waals surface area contributed by atoms with Crippen LogP contribution in [0.1, 0.15) is 21.2 Å². The van der Waals surface area contributed by atoms with E-state index in [2.05, 4.69) is 4.99 Å². The fraction of sp³-hybridized carbons (Fsp3) is 0.185. The molecule has 2 heterocycles. The Hall–Kier alpha value is -3.33. The lowest BCUT2D eigenvalue weighted by Gasteiger charge is -2.29. The molecule has 0 N–H and O–H groups in total. The lowest BCUT2D eigenvalue weighted by Crippen LogP contribution is -2.45. The summed E-state index contributed by atoms with van der Waals surface area (Å²) in [5.41, 5.74) is 2.44. The normalized spacial score (nSPS) is 15.2. The molecule has 1 unspecified atom stereocenters. The van der Waals surface area contributed by atoms with Crippen LogP contribution < -0.4 is 0 Å². The summed E-state index contributed by atoms with van der Waals surface area (Å²) in [6.45, 7) is 1.86. The van der Waals surface area contributed by atoms with Gasteiger partial charge in [0, 0.05) is 18.7 Å². The number of carbonyl (C=O) groups excluding carboxylic acids is 2. The zero-order chi connectivity index (χ0) is 24.0. The number of morpholine rings is 1. The summed E-state index contributed by atoms with van der Waals surface area (Å²) in [6, 6.07) is 26.5. The Morgan fingerprint density at radius 3 is 2.29 bits per heavy atom. The van der Waals surface area contributed by atoms with Crippen LogP contribution in [0.2, 0.25) is 0 Å². The predicted molar refractivity (Wildman–Crippen MR) is 140 cm³/mol. The average Bonchev–Trinajstić information content (AvgIpc) is 3.34. The zero-order valence-electron chi connectivity index (χ0n) is 18.9. The molecule has 1 aliphatic heterocycles. The van der Waals surface area contributed by atoms with Gasteiger partial charge in [0.15, 0.2) is 4.34 Å². The molecule has 2 amide bonds. The molecule has 35 heavy (non-hydrogen) atoms. The van der Waals surface area contributed by atoms with Gasteiger partial charge in [-0.05, 0) is 29.8 Å². The fourth-order valence-electron chi connectivity index (χ4n) is 3.81. The van der Waals surface area contributed by atoms with Crippen molar-refractivity contribution in [3.63, 3.8) is 0 Å². The molecule has 1 atom stereocenters. The molecule has 6 nitrogen and oxygen atoms in total. The van der Waals surface area contributed by atoms with Crippen molar-refractivity contribution in [2.75, 3.05) is 26.3 Å². The topological polar surface area (TPSA) is 71.9 Å². The van der Waals surface area contributed by atoms with E-state index in [0.29, 0.717) is 31.9 Å². The van der Waals surface area contributed by atoms with Gasteiger partial charge in [-0.3, -0.25) is 9.59 Å². The average molecular weight is 502 g/mol. The number of thiazole rings is 1. The van der Waals surface area contributed by atoms with Crippen molar-refractivity contribution >= 4 is 50.8 Å². The maximum atomic E-state index is 13.8. The Labute approximate surface area is 211 Å². The number of nitrogens with zero attached hydrogens (tertiary/aromatic N) is 3. The number of thioether (sulfide) groups is 1. The molecule has 0 saturated carbocycles. The first kappa shape index (κ1) is 23.4. The Kier molecular flexibility index (Phi) is 7.32. The van der Waals surface area contributed by atoms with Crippen molar-refractivity contribution in [3.8, 4) is 0 Å². The number of carbonyl (C=O) groups is 2. The van der Waals surface area contributed by atoms with Crippen molar-refractivity contribution in [1.29, 1.82) is 0 Å². The lowest BCUT2D eigenvalue weighted by molar-refractivity contribution is -0.128. The van der Waals surface area contributed by atoms with Crippen molar-refractivity contribution in [2.24, 2.45) is 4.99 Å². The first-order chi connectivity index (χ1) is 17.2. The molecule has 5 rings (SSSR count). The molecule has 1 aromatic heterocycles. The minimum absolute atomic E-state index is 0.205. The maximum Gasteiger partial charge on any atom is 0.277 e. The van der Waals surface area contributed by atoms with Crippen molar-refractivity contribution < 1.29 is 14.3 Å². The van der Waals surface area contributed by atoms with E-state index in [9.17, 15) is 9.59 Å². The molecule has 176 valence electrons. The van der Waals surface area contributed by atoms with Gasteiger partial charge in [-0.15, -0.1) is 11.3 Å². The monoisotopic (exact) mass is 501 g/mol. The number of ether oxygens (including phenoxy) is 1. The third kappa shape index (κ3) is 5.51. The van der Waals surface area contributed by atoms with E-state index in [4.69, 9.17) is 9.72 Å². The molecule has 1 aliphatic rings. The number of para-hydroxylation sites is 1. The highest BCUT2D eigenvalue weighted by Crippen LogP contribution is 2.40. The smallest absolute Gasteiger partial charge is 0.277 e. The van der Waals surface area contributed by atoms with Crippen LogP contribution in [0, 0.1) is 0 Å². The van der Waals surface area contributed by atoms with E-state index >= 15 is 0 Å². The van der Waals surface area contributed by atoms with Gasteiger partial charge in [0.05, 0.1) is 28.7 Å². The zero-order valence-corrected chi connectivity index (χ0v) is 20.5. The molecule has 1 saturated heterocycles. The van der Waals surface area contributed by atoms with E-state index < -0.39 is 11.2 Å². The fourth-order valence-corrected chi connectivity index (χ4v) is 6.17. The van der Waals surface area contributed by atoms with Crippen molar-refractivity contribution in [2.45, 2.75) is 9.59 Å². The second-order valence-corrected chi connectivity index (χ2v) is 10.3. The minimum atomic E-state index is -0.500. The Balaban J connectivity index is 1.58. The van der Waals surface area contributed by atoms with Crippen LogP contribution in [0.4, 0.5) is 0 Å². The number of amides is 2. The molecule has 0 aliphatic carbocycles. The summed E-state index contributed by atoms with van der Waals surface area (Å²) in [5, 5.41) is -0.500. The van der Waals surface area contributed by atoms with Crippen molar-refractivity contribution in [3.05, 3.63) is 96.1 Å². The molecule has 0 bridgehead atoms. The SMILES string of the molecule is O=C(N=C(C(=O)N1CCOCC1)C(Sc1nc2ccccc2s1)c1ccccc1)c1ccccc1. The van der Waals surface area contributed by atoms with Gasteiger partial charge in [-0.25, -0.2) is 9.98 Å². The van der Waals surface area contributed by atoms with Crippen LogP contribution in [-0.4, -0.2) is 53.7 Å². The quantitative estimate of drug-likeness (QED) is 0.266. The highest BCUT2D eigenvalue weighted by atomic mass is 32.2. The number of rotatable bonds is 6. The van der Waals surface area contributed by atoms with Crippen LogP contribution in [0.25, 0.3) is 10.2 Å². The number of hydrogen-bond donors (Lipinski definition) is 0. The van der Waals surface area contributed by atoms with Crippen LogP contribution in [-0.2, 0) is 9.53 Å². The molecule has 1 fully saturated rings. The molecular formula is C27H23N3O3S2. The van der Waals surface area contributed by atoms with Crippen LogP contribution in [0.3, 0.4) is 0 Å². The summed E-state index contributed by atoms with van der Waals surface area (Å²) < 4.78 is 7.32. The van der Waals surface area contributed by atoms with Gasteiger partial charge in [0.1, 0.15) is 5.71 Å². The van der Waals surface area contributed by atoms with Gasteiger partial charge >= 0.3 is 0 Å². The minimum Gasteiger partial charge on any atom is -0.378 e. The maximum absolute atomic E-state index is 13.8. The third-order valence-electron chi connectivity index (χ3n) is 5.60. The first-order valence-corrected chi connectivity index (χ1v) is 13.0. The van der Waals surface area contributed by atoms with Crippen LogP contribution >= 0.6 is 23.1 Å². The van der Waals surface area contributed by atoms with Gasteiger partial charge in [0.2, 0.25) is 0 Å². The summed E-state index contributed by atoms with van der Waals surface area (Å²) in [6.07, 6.45) is 0. The Morgan fingerprint density at radius 1 is 0.914 bits per heavy atom. The largest absolute Gasteiger partial charge is 0.378 e. The highest BCUT2D eigenvalue weighted by Gasteiger charge is 2.32. The molecule has 8 heteroatoms. The summed E-state index contributed by atoms with van der Waals surface area (Å²) in [5.74, 6) is -0.687. The summed E-state index contributed by atoms with van der Waals surface area (Å²) in [7, 11) is 0. The van der Waals surface area contributed by atoms with Gasteiger partial charge in [0.25, 0.3) is 11.8 Å². The predicted octanol–water partition coefficient (Wildman–Crippen LogP) is 5.27. The summed E-state index contributed by atoms with van der Waals surface area (Å²) in [4.78, 5) is 37.9. The second-order valence-electron chi connectivity index (χ2n) is 7.93. The molecule has 0 spiro atoms. The number of benzene rings is 3. The van der Waals surface area contributed by atoms with Crippen molar-refractivity contribution in [1.82, 2.24) is 9.88 Å². The Bertz CT molecular complexity index is 1320. The lowest BCUT2D eigenvalue weighted by atomic mass is 10.1. The second kappa shape index (κ2) is 10.9. The van der Waals surface area contributed by atoms with Gasteiger partial charge in [-0.2, -0.15) is 0 Å². The molecule has 3 aromatic carbocycles. The first-order valence-electron chi connectivity index (χ1n) is 11.3. The molecule has 4 aromatic rings. The van der Waals surface area contributed by atoms with E-state index in [-0.39, 0.29) is 11.6 Å². The number of aromatic nitrogens is 1. The standard InChI is InChI=1S/C27H23N3O3S2/c31-25(20-11-5-2-6-12-20)29-23(26(32)30-15-17-33-18-16-30)24(19-9-3-1-4-10-19)35-27-28-21-13-7-8-14-22(21)34-27/h1-14,24H,15-18H2. The number of aliphatic imine (C=N–C) groups is 1. The van der Waals surface area contributed by atoms with Gasteiger partial charge in [-0.1, -0.05) is 72.4 Å². The summed E-state index contributed by atoms with van der Waals surface area (Å²) >= 11 is 3.02. The van der Waals surface area contributed by atoms with E-state index in [1.54, 1.807) is 40.5 Å².